The Kier molecular flexibility index (Phi) is 4.99. The second kappa shape index (κ2) is 7.42. The van der Waals surface area contributed by atoms with E-state index in [0.717, 1.165) is 35.7 Å². The predicted octanol–water partition coefficient (Wildman–Crippen LogP) is 2.47. The van der Waals surface area contributed by atoms with Gasteiger partial charge in [-0.15, -0.1) is 0 Å². The van der Waals surface area contributed by atoms with Crippen molar-refractivity contribution < 1.29 is 9.63 Å². The van der Waals surface area contributed by atoms with Gasteiger partial charge in [0.1, 0.15) is 22.3 Å². The topological polar surface area (TPSA) is 80.2 Å². The first-order valence-corrected chi connectivity index (χ1v) is 9.34. The number of likely N-dealkylation sites (tertiary alicyclic amines) is 1. The summed E-state index contributed by atoms with van der Waals surface area (Å²) in [6.45, 7) is 3.82. The van der Waals surface area contributed by atoms with Crippen molar-refractivity contribution in [1.82, 2.24) is 24.8 Å². The van der Waals surface area contributed by atoms with Gasteiger partial charge in [-0.1, -0.05) is 22.8 Å². The quantitative estimate of drug-likeness (QED) is 0.724. The molecule has 0 amide bonds. The molecule has 4 heterocycles. The van der Waals surface area contributed by atoms with Crippen molar-refractivity contribution in [3.8, 4) is 11.4 Å². The first kappa shape index (κ1) is 18.2. The first-order valence-electron chi connectivity index (χ1n) is 8.96. The molecule has 1 fully saturated rings. The zero-order valence-electron chi connectivity index (χ0n) is 15.3. The summed E-state index contributed by atoms with van der Waals surface area (Å²) < 4.78 is 6.84. The predicted molar refractivity (Wildman–Crippen MR) is 101 cm³/mol. The van der Waals surface area contributed by atoms with Crippen molar-refractivity contribution in [2.75, 3.05) is 13.1 Å². The summed E-state index contributed by atoms with van der Waals surface area (Å²) in [4.78, 5) is 6.58. The summed E-state index contributed by atoms with van der Waals surface area (Å²) in [7, 11) is 1.81. The molecule has 7 nitrogen and oxygen atoms in total. The fourth-order valence-corrected chi connectivity index (χ4v) is 3.84. The van der Waals surface area contributed by atoms with E-state index in [4.69, 9.17) is 16.1 Å². The lowest BCUT2D eigenvalue weighted by atomic mass is 10.00. The second-order valence-electron chi connectivity index (χ2n) is 7.11. The largest absolute Gasteiger partial charge is 0.391 e. The third-order valence-electron chi connectivity index (χ3n) is 5.00. The van der Waals surface area contributed by atoms with Crippen molar-refractivity contribution in [3.05, 3.63) is 52.6 Å². The van der Waals surface area contributed by atoms with Crippen molar-refractivity contribution in [1.29, 1.82) is 0 Å². The third-order valence-corrected chi connectivity index (χ3v) is 5.47. The number of hydrogen-bond donors (Lipinski definition) is 1. The van der Waals surface area contributed by atoms with E-state index in [1.165, 1.54) is 0 Å². The molecule has 0 aromatic carbocycles. The van der Waals surface area contributed by atoms with E-state index >= 15 is 0 Å². The fourth-order valence-electron chi connectivity index (χ4n) is 3.65. The van der Waals surface area contributed by atoms with E-state index in [0.29, 0.717) is 23.9 Å². The van der Waals surface area contributed by atoms with Crippen LogP contribution in [0.2, 0.25) is 5.15 Å². The molecule has 0 saturated carbocycles. The van der Waals surface area contributed by atoms with Gasteiger partial charge in [0, 0.05) is 56.1 Å². The van der Waals surface area contributed by atoms with Crippen molar-refractivity contribution in [2.45, 2.75) is 26.0 Å². The highest BCUT2D eigenvalue weighted by molar-refractivity contribution is 6.30. The normalized spacial score (nSPS) is 20.4. The summed E-state index contributed by atoms with van der Waals surface area (Å²) in [6.07, 6.45) is 2.16. The SMILES string of the molecule is Cc1cc(-c2nn(C)c(Cl)c2CN2C[C@@H](Cc3ccccn3)[C@H](O)C2)no1. The number of aliphatic hydroxyl groups is 1. The van der Waals surface area contributed by atoms with E-state index in [9.17, 15) is 5.11 Å². The Morgan fingerprint density at radius 2 is 2.19 bits per heavy atom. The summed E-state index contributed by atoms with van der Waals surface area (Å²) in [6, 6.07) is 7.73. The van der Waals surface area contributed by atoms with E-state index < -0.39 is 0 Å². The van der Waals surface area contributed by atoms with Gasteiger partial charge in [-0.25, -0.2) is 0 Å². The molecule has 142 valence electrons. The minimum atomic E-state index is -0.389. The average Bonchev–Trinajstić information content (AvgIpc) is 3.31. The van der Waals surface area contributed by atoms with Gasteiger partial charge in [-0.05, 0) is 25.5 Å². The Labute approximate surface area is 162 Å². The van der Waals surface area contributed by atoms with Crippen LogP contribution in [-0.2, 0) is 20.0 Å². The molecule has 3 aromatic rings. The van der Waals surface area contributed by atoms with E-state index in [1.807, 2.05) is 38.2 Å². The fraction of sp³-hybridized carbons (Fsp3) is 0.421. The zero-order chi connectivity index (χ0) is 19.0. The van der Waals surface area contributed by atoms with Gasteiger partial charge < -0.3 is 9.63 Å². The first-order chi connectivity index (χ1) is 13.0. The Bertz CT molecular complexity index is 924. The second-order valence-corrected chi connectivity index (χ2v) is 7.47. The molecule has 3 aromatic heterocycles. The number of β-amino-alcohol motifs (C(OH)–C–C–N with tert-alkyl or cyclic N) is 1. The highest BCUT2D eigenvalue weighted by atomic mass is 35.5. The number of nitrogens with zero attached hydrogens (tertiary/aromatic N) is 5. The lowest BCUT2D eigenvalue weighted by Gasteiger charge is -2.15. The van der Waals surface area contributed by atoms with Crippen LogP contribution < -0.4 is 0 Å². The summed E-state index contributed by atoms with van der Waals surface area (Å²) in [5.74, 6) is 0.873. The van der Waals surface area contributed by atoms with Crippen LogP contribution in [-0.4, -0.2) is 49.1 Å². The molecule has 0 unspecified atom stereocenters. The molecule has 8 heteroatoms. The van der Waals surface area contributed by atoms with Crippen LogP contribution in [0, 0.1) is 12.8 Å². The van der Waals surface area contributed by atoms with Crippen molar-refractivity contribution in [2.24, 2.45) is 13.0 Å². The zero-order valence-corrected chi connectivity index (χ0v) is 16.1. The molecule has 0 bridgehead atoms. The van der Waals surface area contributed by atoms with Crippen LogP contribution in [0.25, 0.3) is 11.4 Å². The molecule has 1 aliphatic heterocycles. The number of aliphatic hydroxyl groups excluding tert-OH is 1. The number of aromatic nitrogens is 4. The Morgan fingerprint density at radius 1 is 1.33 bits per heavy atom. The minimum Gasteiger partial charge on any atom is -0.391 e. The van der Waals surface area contributed by atoms with Crippen LogP contribution in [0.4, 0.5) is 0 Å². The van der Waals surface area contributed by atoms with Crippen molar-refractivity contribution >= 4 is 11.6 Å². The molecule has 0 spiro atoms. The molecule has 27 heavy (non-hydrogen) atoms. The summed E-state index contributed by atoms with van der Waals surface area (Å²) >= 11 is 6.49. The Morgan fingerprint density at radius 3 is 2.89 bits per heavy atom. The molecule has 4 rings (SSSR count). The minimum absolute atomic E-state index is 0.146. The summed E-state index contributed by atoms with van der Waals surface area (Å²) in [5, 5.41) is 19.7. The molecular formula is C19H22ClN5O2. The molecule has 1 N–H and O–H groups in total. The maximum atomic E-state index is 10.5. The molecule has 1 saturated heterocycles. The lowest BCUT2D eigenvalue weighted by Crippen LogP contribution is -2.21. The van der Waals surface area contributed by atoms with Gasteiger partial charge in [0.2, 0.25) is 0 Å². The standard InChI is InChI=1S/C19H22ClN5O2/c1-12-7-16(23-27-12)18-15(19(20)24(2)22-18)10-25-9-13(17(26)11-25)8-14-5-3-4-6-21-14/h3-7,13,17,26H,8-11H2,1-2H3/t13-,17-/m1/s1. The van der Waals surface area contributed by atoms with E-state index in [2.05, 4.69) is 20.1 Å². The van der Waals surface area contributed by atoms with Gasteiger partial charge in [-0.2, -0.15) is 5.10 Å². The Balaban J connectivity index is 1.51. The lowest BCUT2D eigenvalue weighted by molar-refractivity contribution is 0.140. The monoisotopic (exact) mass is 387 g/mol. The summed E-state index contributed by atoms with van der Waals surface area (Å²) in [5.41, 5.74) is 3.30. The molecule has 0 radical (unpaired) electrons. The number of pyridine rings is 1. The maximum Gasteiger partial charge on any atom is 0.134 e. The number of aryl methyl sites for hydroxylation is 2. The van der Waals surface area contributed by atoms with Crippen LogP contribution >= 0.6 is 11.6 Å². The van der Waals surface area contributed by atoms with Gasteiger partial charge in [0.05, 0.1) is 6.10 Å². The highest BCUT2D eigenvalue weighted by Crippen LogP contribution is 2.31. The van der Waals surface area contributed by atoms with Crippen LogP contribution in [0.3, 0.4) is 0 Å². The molecule has 2 atom stereocenters. The van der Waals surface area contributed by atoms with E-state index in [-0.39, 0.29) is 12.0 Å². The van der Waals surface area contributed by atoms with Gasteiger partial charge >= 0.3 is 0 Å². The third kappa shape index (κ3) is 3.76. The van der Waals surface area contributed by atoms with Crippen LogP contribution in [0.15, 0.2) is 35.0 Å². The number of rotatable bonds is 5. The van der Waals surface area contributed by atoms with Crippen molar-refractivity contribution in [3.63, 3.8) is 0 Å². The van der Waals surface area contributed by atoms with Crippen LogP contribution in [0.5, 0.6) is 0 Å². The number of halogens is 1. The van der Waals surface area contributed by atoms with Gasteiger partial charge in [0.25, 0.3) is 0 Å². The van der Waals surface area contributed by atoms with Crippen LogP contribution in [0.1, 0.15) is 17.0 Å². The smallest absolute Gasteiger partial charge is 0.134 e. The average molecular weight is 388 g/mol. The maximum absolute atomic E-state index is 10.5. The molecule has 1 aliphatic rings. The van der Waals surface area contributed by atoms with E-state index in [1.54, 1.807) is 10.9 Å². The number of hydrogen-bond acceptors (Lipinski definition) is 6. The molecule has 0 aliphatic carbocycles. The van der Waals surface area contributed by atoms with Gasteiger partial charge in [0.15, 0.2) is 0 Å². The van der Waals surface area contributed by atoms with Gasteiger partial charge in [-0.3, -0.25) is 14.6 Å². The highest BCUT2D eigenvalue weighted by Gasteiger charge is 2.33. The Hall–Kier alpha value is -2.22. The molecular weight excluding hydrogens is 366 g/mol.